The van der Waals surface area contributed by atoms with Crippen LogP contribution in [0.2, 0.25) is 0 Å². The minimum Gasteiger partial charge on any atom is -0.306 e. The van der Waals surface area contributed by atoms with Crippen LogP contribution in [0.15, 0.2) is 24.8 Å². The fraction of sp³-hybridized carbons (Fsp3) is 0.333. The quantitative estimate of drug-likeness (QED) is 0.672. The predicted octanol–water partition coefficient (Wildman–Crippen LogP) is 2.51. The highest BCUT2D eigenvalue weighted by atomic mass is 19.1. The van der Waals surface area contributed by atoms with E-state index in [4.69, 9.17) is 0 Å². The number of fused-ring (bicyclic) bond motifs is 1. The lowest BCUT2D eigenvalue weighted by molar-refractivity contribution is 0.526. The molecule has 0 bridgehead atoms. The predicted molar refractivity (Wildman–Crippen MR) is 55.8 cm³/mol. The zero-order valence-corrected chi connectivity index (χ0v) is 8.31. The molecule has 1 N–H and O–H groups in total. The van der Waals surface area contributed by atoms with Gasteiger partial charge in [-0.1, -0.05) is 12.1 Å². The Bertz CT molecular complexity index is 371. The van der Waals surface area contributed by atoms with Crippen molar-refractivity contribution in [2.24, 2.45) is 0 Å². The SMILES string of the molecule is C=CC1NCCc2c(C)ccc(F)c21. The molecule has 0 spiro atoms. The minimum absolute atomic E-state index is 0.0290. The van der Waals surface area contributed by atoms with Crippen LogP contribution in [0.5, 0.6) is 0 Å². The van der Waals surface area contributed by atoms with E-state index >= 15 is 0 Å². The van der Waals surface area contributed by atoms with E-state index in [1.807, 2.05) is 13.0 Å². The summed E-state index contributed by atoms with van der Waals surface area (Å²) in [5.74, 6) is -0.122. The van der Waals surface area contributed by atoms with Crippen molar-refractivity contribution in [3.05, 3.63) is 47.3 Å². The maximum Gasteiger partial charge on any atom is 0.128 e. The van der Waals surface area contributed by atoms with Crippen LogP contribution in [0.3, 0.4) is 0 Å². The molecule has 2 rings (SSSR count). The van der Waals surface area contributed by atoms with Crippen molar-refractivity contribution in [3.63, 3.8) is 0 Å². The molecule has 1 unspecified atom stereocenters. The number of nitrogens with one attached hydrogen (secondary N) is 1. The van der Waals surface area contributed by atoms with E-state index in [1.165, 1.54) is 11.6 Å². The summed E-state index contributed by atoms with van der Waals surface area (Å²) in [6.07, 6.45) is 2.67. The third-order valence-electron chi connectivity index (χ3n) is 2.82. The van der Waals surface area contributed by atoms with Gasteiger partial charge in [-0.2, -0.15) is 0 Å². The van der Waals surface area contributed by atoms with E-state index in [2.05, 4.69) is 11.9 Å². The minimum atomic E-state index is -0.122. The molecule has 0 saturated heterocycles. The fourth-order valence-corrected chi connectivity index (χ4v) is 2.07. The number of halogens is 1. The number of benzene rings is 1. The van der Waals surface area contributed by atoms with Gasteiger partial charge in [-0.15, -0.1) is 6.58 Å². The average molecular weight is 191 g/mol. The maximum absolute atomic E-state index is 13.6. The standard InChI is InChI=1S/C12H14FN/c1-3-11-12-9(6-7-14-11)8(2)4-5-10(12)13/h3-5,11,14H,1,6-7H2,2H3. The zero-order valence-electron chi connectivity index (χ0n) is 8.31. The van der Waals surface area contributed by atoms with Crippen LogP contribution in [0, 0.1) is 12.7 Å². The Kier molecular flexibility index (Phi) is 2.38. The molecule has 1 aromatic rings. The lowest BCUT2D eigenvalue weighted by Crippen LogP contribution is -2.30. The van der Waals surface area contributed by atoms with E-state index in [1.54, 1.807) is 6.08 Å². The molecule has 1 atom stereocenters. The summed E-state index contributed by atoms with van der Waals surface area (Å²) in [4.78, 5) is 0. The van der Waals surface area contributed by atoms with Crippen molar-refractivity contribution in [1.82, 2.24) is 5.32 Å². The van der Waals surface area contributed by atoms with Crippen LogP contribution >= 0.6 is 0 Å². The Hall–Kier alpha value is -1.15. The van der Waals surface area contributed by atoms with Crippen molar-refractivity contribution in [3.8, 4) is 0 Å². The molecule has 74 valence electrons. The van der Waals surface area contributed by atoms with Crippen molar-refractivity contribution in [1.29, 1.82) is 0 Å². The lowest BCUT2D eigenvalue weighted by Gasteiger charge is -2.26. The molecule has 1 aliphatic rings. The van der Waals surface area contributed by atoms with E-state index in [0.717, 1.165) is 24.1 Å². The Morgan fingerprint density at radius 2 is 2.36 bits per heavy atom. The molecule has 1 aliphatic heterocycles. The van der Waals surface area contributed by atoms with Gasteiger partial charge in [0.15, 0.2) is 0 Å². The van der Waals surface area contributed by atoms with Crippen LogP contribution < -0.4 is 5.32 Å². The van der Waals surface area contributed by atoms with E-state index < -0.39 is 0 Å². The summed E-state index contributed by atoms with van der Waals surface area (Å²) < 4.78 is 13.6. The first-order valence-corrected chi connectivity index (χ1v) is 4.88. The lowest BCUT2D eigenvalue weighted by atomic mass is 9.90. The molecular formula is C12H14FN. The van der Waals surface area contributed by atoms with Crippen molar-refractivity contribution < 1.29 is 4.39 Å². The molecule has 0 aromatic heterocycles. The van der Waals surface area contributed by atoms with Crippen molar-refractivity contribution in [2.75, 3.05) is 6.54 Å². The van der Waals surface area contributed by atoms with E-state index in [0.29, 0.717) is 0 Å². The van der Waals surface area contributed by atoms with E-state index in [9.17, 15) is 4.39 Å². The second kappa shape index (κ2) is 3.54. The maximum atomic E-state index is 13.6. The van der Waals surface area contributed by atoms with Gasteiger partial charge >= 0.3 is 0 Å². The van der Waals surface area contributed by atoms with Gasteiger partial charge in [0, 0.05) is 12.1 Å². The highest BCUT2D eigenvalue weighted by Gasteiger charge is 2.21. The third kappa shape index (κ3) is 1.36. The van der Waals surface area contributed by atoms with E-state index in [-0.39, 0.29) is 11.9 Å². The molecule has 0 amide bonds. The third-order valence-corrected chi connectivity index (χ3v) is 2.82. The molecule has 1 heterocycles. The molecule has 0 fully saturated rings. The molecule has 1 nitrogen and oxygen atoms in total. The van der Waals surface area contributed by atoms with Gasteiger partial charge in [0.2, 0.25) is 0 Å². The van der Waals surface area contributed by atoms with Crippen molar-refractivity contribution >= 4 is 0 Å². The van der Waals surface area contributed by atoms with Gasteiger partial charge < -0.3 is 5.32 Å². The Labute approximate surface area is 83.6 Å². The van der Waals surface area contributed by atoms with Crippen LogP contribution in [0.4, 0.5) is 4.39 Å². The number of hydrogen-bond donors (Lipinski definition) is 1. The monoisotopic (exact) mass is 191 g/mol. The summed E-state index contributed by atoms with van der Waals surface area (Å²) >= 11 is 0. The van der Waals surface area contributed by atoms with Gasteiger partial charge in [-0.3, -0.25) is 0 Å². The zero-order chi connectivity index (χ0) is 10.1. The molecule has 14 heavy (non-hydrogen) atoms. The number of aryl methyl sites for hydroxylation is 1. The molecular weight excluding hydrogens is 177 g/mol. The first-order valence-electron chi connectivity index (χ1n) is 4.88. The van der Waals surface area contributed by atoms with Gasteiger partial charge in [-0.25, -0.2) is 4.39 Å². The molecule has 1 aromatic carbocycles. The number of hydrogen-bond acceptors (Lipinski definition) is 1. The first kappa shape index (κ1) is 9.41. The fourth-order valence-electron chi connectivity index (χ4n) is 2.07. The highest BCUT2D eigenvalue weighted by Crippen LogP contribution is 2.28. The summed E-state index contributed by atoms with van der Waals surface area (Å²) in [6, 6.07) is 3.36. The van der Waals surface area contributed by atoms with Crippen molar-refractivity contribution in [2.45, 2.75) is 19.4 Å². The Morgan fingerprint density at radius 1 is 1.57 bits per heavy atom. The molecule has 0 aliphatic carbocycles. The Balaban J connectivity index is 2.60. The molecule has 0 radical (unpaired) electrons. The molecule has 2 heteroatoms. The molecule has 0 saturated carbocycles. The summed E-state index contributed by atoms with van der Waals surface area (Å²) in [6.45, 7) is 6.65. The van der Waals surface area contributed by atoms with Gasteiger partial charge in [0.1, 0.15) is 5.82 Å². The summed E-state index contributed by atoms with van der Waals surface area (Å²) in [7, 11) is 0. The first-order chi connectivity index (χ1) is 6.74. The van der Waals surface area contributed by atoms with Crippen LogP contribution in [-0.2, 0) is 6.42 Å². The average Bonchev–Trinajstić information content (AvgIpc) is 2.23. The normalized spacial score (nSPS) is 20.3. The van der Waals surface area contributed by atoms with Gasteiger partial charge in [0.05, 0.1) is 6.04 Å². The highest BCUT2D eigenvalue weighted by molar-refractivity contribution is 5.41. The topological polar surface area (TPSA) is 12.0 Å². The second-order valence-electron chi connectivity index (χ2n) is 3.67. The summed E-state index contributed by atoms with van der Waals surface area (Å²) in [5.41, 5.74) is 3.11. The second-order valence-corrected chi connectivity index (χ2v) is 3.67. The van der Waals surface area contributed by atoms with Crippen LogP contribution in [-0.4, -0.2) is 6.54 Å². The summed E-state index contributed by atoms with van der Waals surface area (Å²) in [5, 5.41) is 3.23. The Morgan fingerprint density at radius 3 is 3.07 bits per heavy atom. The smallest absolute Gasteiger partial charge is 0.128 e. The van der Waals surface area contributed by atoms with Gasteiger partial charge in [0.25, 0.3) is 0 Å². The van der Waals surface area contributed by atoms with Crippen LogP contribution in [0.25, 0.3) is 0 Å². The van der Waals surface area contributed by atoms with Crippen LogP contribution in [0.1, 0.15) is 22.7 Å². The largest absolute Gasteiger partial charge is 0.306 e. The number of rotatable bonds is 1. The van der Waals surface area contributed by atoms with Gasteiger partial charge in [-0.05, 0) is 30.5 Å².